The van der Waals surface area contributed by atoms with Crippen molar-refractivity contribution in [2.24, 2.45) is 0 Å². The van der Waals surface area contributed by atoms with Gasteiger partial charge in [0, 0.05) is 13.0 Å². The molecule has 1 aliphatic rings. The maximum atomic E-state index is 13.0. The van der Waals surface area contributed by atoms with E-state index < -0.39 is 0 Å². The number of esters is 1. The fourth-order valence-corrected chi connectivity index (χ4v) is 5.56. The lowest BCUT2D eigenvalue weighted by Crippen LogP contribution is -2.29. The van der Waals surface area contributed by atoms with Crippen LogP contribution in [0.25, 0.3) is 6.08 Å². The number of hydrogen-bond donors (Lipinski definition) is 0. The van der Waals surface area contributed by atoms with Crippen LogP contribution in [-0.2, 0) is 20.9 Å². The van der Waals surface area contributed by atoms with Crippen LogP contribution in [0.3, 0.4) is 0 Å². The molecule has 1 saturated heterocycles. The van der Waals surface area contributed by atoms with Crippen molar-refractivity contribution in [2.45, 2.75) is 46.1 Å². The number of aryl methyl sites for hydroxylation is 1. The van der Waals surface area contributed by atoms with Gasteiger partial charge in [0.1, 0.15) is 10.9 Å². The lowest BCUT2D eigenvalue weighted by Gasteiger charge is -2.15. The number of rotatable bonds is 12. The summed E-state index contributed by atoms with van der Waals surface area (Å²) in [5, 5.41) is 0. The third-order valence-corrected chi connectivity index (χ3v) is 7.59. The van der Waals surface area contributed by atoms with E-state index in [0.29, 0.717) is 46.9 Å². The molecule has 2 aromatic rings. The largest absolute Gasteiger partial charge is 0.493 e. The third-order valence-electron chi connectivity index (χ3n) is 5.62. The predicted octanol–water partition coefficient (Wildman–Crippen LogP) is 6.67. The molecule has 3 rings (SSSR count). The molecule has 0 saturated carbocycles. The van der Waals surface area contributed by atoms with Crippen molar-refractivity contribution in [2.75, 3.05) is 20.3 Å². The Labute approximate surface area is 230 Å². The molecule has 192 valence electrons. The van der Waals surface area contributed by atoms with E-state index in [4.69, 9.17) is 26.4 Å². The summed E-state index contributed by atoms with van der Waals surface area (Å²) >= 11 is 10.3. The van der Waals surface area contributed by atoms with Crippen LogP contribution in [0.2, 0.25) is 0 Å². The Balaban J connectivity index is 1.63. The number of benzene rings is 2. The number of carbonyl (C=O) groups is 2. The summed E-state index contributed by atoms with van der Waals surface area (Å²) in [6.45, 7) is 5.19. The highest BCUT2D eigenvalue weighted by Crippen LogP contribution is 2.39. The molecule has 0 N–H and O–H groups in total. The van der Waals surface area contributed by atoms with Crippen LogP contribution in [-0.4, -0.2) is 41.4 Å². The number of thiocarbonyl (C=S) groups is 1. The smallest absolute Gasteiger partial charge is 0.305 e. The highest BCUT2D eigenvalue weighted by Gasteiger charge is 2.31. The number of unbranched alkanes of at least 4 members (excludes halogenated alkanes) is 2. The molecule has 9 heteroatoms. The second-order valence-corrected chi connectivity index (χ2v) is 10.7. The fraction of sp³-hybridized carbons (Fsp3) is 0.370. The molecular weight excluding hydrogens is 562 g/mol. The molecule has 1 heterocycles. The molecular formula is C27H30BrNO5S2. The first-order valence-electron chi connectivity index (χ1n) is 11.8. The van der Waals surface area contributed by atoms with Gasteiger partial charge in [-0.3, -0.25) is 14.5 Å². The Morgan fingerprint density at radius 3 is 2.69 bits per heavy atom. The highest BCUT2D eigenvalue weighted by molar-refractivity contribution is 9.10. The van der Waals surface area contributed by atoms with Crippen molar-refractivity contribution < 1.29 is 23.8 Å². The standard InChI is InChI=1S/C27H30BrNO5S2/c1-4-33-24(30)12-6-5-9-13-29-26(31)23(36-27(29)35)16-19-14-21(28)25(22(15-19)32-3)34-17-20-11-8-7-10-18(20)2/h7-8,10-11,14-16H,4-6,9,12-13,17H2,1-3H3/b23-16-. The van der Waals surface area contributed by atoms with Crippen molar-refractivity contribution in [1.82, 2.24) is 4.90 Å². The number of thioether (sulfide) groups is 1. The second-order valence-electron chi connectivity index (χ2n) is 8.20. The lowest BCUT2D eigenvalue weighted by molar-refractivity contribution is -0.143. The van der Waals surface area contributed by atoms with E-state index in [1.165, 1.54) is 11.8 Å². The fourth-order valence-electron chi connectivity index (χ4n) is 3.68. The number of nitrogens with zero attached hydrogens (tertiary/aromatic N) is 1. The van der Waals surface area contributed by atoms with Crippen LogP contribution < -0.4 is 9.47 Å². The molecule has 1 fully saturated rings. The van der Waals surface area contributed by atoms with E-state index in [2.05, 4.69) is 15.9 Å². The van der Waals surface area contributed by atoms with Gasteiger partial charge in [0.15, 0.2) is 11.5 Å². The van der Waals surface area contributed by atoms with E-state index in [1.807, 2.05) is 49.4 Å². The van der Waals surface area contributed by atoms with Gasteiger partial charge in [-0.2, -0.15) is 0 Å². The van der Waals surface area contributed by atoms with Crippen LogP contribution in [0, 0.1) is 6.92 Å². The molecule has 0 radical (unpaired) electrons. The second kappa shape index (κ2) is 13.8. The van der Waals surface area contributed by atoms with E-state index >= 15 is 0 Å². The average Bonchev–Trinajstić information content (AvgIpc) is 3.11. The van der Waals surface area contributed by atoms with Gasteiger partial charge in [-0.25, -0.2) is 0 Å². The zero-order chi connectivity index (χ0) is 26.1. The monoisotopic (exact) mass is 591 g/mol. The first-order chi connectivity index (χ1) is 17.3. The quantitative estimate of drug-likeness (QED) is 0.118. The van der Waals surface area contributed by atoms with Crippen molar-refractivity contribution in [1.29, 1.82) is 0 Å². The van der Waals surface area contributed by atoms with Gasteiger partial charge in [-0.1, -0.05) is 54.7 Å². The topological polar surface area (TPSA) is 65.1 Å². The average molecular weight is 593 g/mol. The number of ether oxygens (including phenoxy) is 3. The molecule has 0 atom stereocenters. The Morgan fingerprint density at radius 1 is 1.19 bits per heavy atom. The van der Waals surface area contributed by atoms with Gasteiger partial charge >= 0.3 is 5.97 Å². The Kier molecular flexibility index (Phi) is 10.8. The molecule has 36 heavy (non-hydrogen) atoms. The van der Waals surface area contributed by atoms with Crippen molar-refractivity contribution in [3.05, 3.63) is 62.5 Å². The minimum atomic E-state index is -0.181. The summed E-state index contributed by atoms with van der Waals surface area (Å²) in [5.74, 6) is 0.888. The molecule has 0 spiro atoms. The summed E-state index contributed by atoms with van der Waals surface area (Å²) in [4.78, 5) is 26.6. The van der Waals surface area contributed by atoms with Gasteiger partial charge in [-0.05, 0) is 77.5 Å². The van der Waals surface area contributed by atoms with Crippen molar-refractivity contribution >= 4 is 62.2 Å². The van der Waals surface area contributed by atoms with Crippen LogP contribution >= 0.6 is 39.9 Å². The zero-order valence-corrected chi connectivity index (χ0v) is 23.9. The minimum Gasteiger partial charge on any atom is -0.493 e. The SMILES string of the molecule is CCOC(=O)CCCCCN1C(=O)/C(=C/c2cc(Br)c(OCc3ccccc3C)c(OC)c2)SC1=S. The van der Waals surface area contributed by atoms with Gasteiger partial charge in [-0.15, -0.1) is 0 Å². The summed E-state index contributed by atoms with van der Waals surface area (Å²) in [6, 6.07) is 11.8. The van der Waals surface area contributed by atoms with Gasteiger partial charge in [0.25, 0.3) is 5.91 Å². The Bertz CT molecular complexity index is 1150. The Hall–Kier alpha value is -2.36. The molecule has 1 aliphatic heterocycles. The van der Waals surface area contributed by atoms with E-state index in [0.717, 1.165) is 40.4 Å². The van der Waals surface area contributed by atoms with Gasteiger partial charge < -0.3 is 14.2 Å². The number of hydrogen-bond acceptors (Lipinski definition) is 7. The Morgan fingerprint density at radius 2 is 1.97 bits per heavy atom. The molecule has 6 nitrogen and oxygen atoms in total. The van der Waals surface area contributed by atoms with Crippen molar-refractivity contribution in [3.8, 4) is 11.5 Å². The van der Waals surface area contributed by atoms with Gasteiger partial charge in [0.05, 0.1) is 23.1 Å². The highest BCUT2D eigenvalue weighted by atomic mass is 79.9. The van der Waals surface area contributed by atoms with Crippen molar-refractivity contribution in [3.63, 3.8) is 0 Å². The summed E-state index contributed by atoms with van der Waals surface area (Å²) in [7, 11) is 1.59. The van der Waals surface area contributed by atoms with E-state index in [1.54, 1.807) is 18.9 Å². The first kappa shape index (κ1) is 28.2. The normalized spacial score (nSPS) is 14.4. The molecule has 0 unspecified atom stereocenters. The first-order valence-corrected chi connectivity index (χ1v) is 13.8. The third kappa shape index (κ3) is 7.57. The molecule has 1 amide bonds. The van der Waals surface area contributed by atoms with Crippen LogP contribution in [0.4, 0.5) is 0 Å². The summed E-state index contributed by atoms with van der Waals surface area (Å²) in [6.07, 6.45) is 4.54. The number of methoxy groups -OCH3 is 1. The van der Waals surface area contributed by atoms with Crippen LogP contribution in [0.15, 0.2) is 45.8 Å². The van der Waals surface area contributed by atoms with Crippen LogP contribution in [0.1, 0.15) is 49.3 Å². The zero-order valence-electron chi connectivity index (χ0n) is 20.7. The molecule has 0 aliphatic carbocycles. The number of amides is 1. The van der Waals surface area contributed by atoms with Gasteiger partial charge in [0.2, 0.25) is 0 Å². The summed E-state index contributed by atoms with van der Waals surface area (Å²) in [5.41, 5.74) is 3.06. The van der Waals surface area contributed by atoms with E-state index in [-0.39, 0.29) is 11.9 Å². The number of halogens is 1. The molecule has 0 bridgehead atoms. The maximum absolute atomic E-state index is 13.0. The lowest BCUT2D eigenvalue weighted by atomic mass is 10.1. The molecule has 0 aromatic heterocycles. The molecule has 2 aromatic carbocycles. The summed E-state index contributed by atoms with van der Waals surface area (Å²) < 4.78 is 17.9. The minimum absolute atomic E-state index is 0.106. The number of carbonyl (C=O) groups excluding carboxylic acids is 2. The van der Waals surface area contributed by atoms with Crippen LogP contribution in [0.5, 0.6) is 11.5 Å². The predicted molar refractivity (Wildman–Crippen MR) is 151 cm³/mol. The maximum Gasteiger partial charge on any atom is 0.305 e. The van der Waals surface area contributed by atoms with E-state index in [9.17, 15) is 9.59 Å².